The van der Waals surface area contributed by atoms with Gasteiger partial charge in [0.25, 0.3) is 0 Å². The van der Waals surface area contributed by atoms with E-state index in [1.165, 1.54) is 12.8 Å². The van der Waals surface area contributed by atoms with Gasteiger partial charge in [0.2, 0.25) is 0 Å². The third-order valence-electron chi connectivity index (χ3n) is 4.98. The molecular formula is C18H27N3O2. The fourth-order valence-corrected chi connectivity index (χ4v) is 3.57. The number of nitrogens with zero attached hydrogens (tertiary/aromatic N) is 3. The number of imidazole rings is 1. The molecule has 0 spiro atoms. The number of benzene rings is 1. The van der Waals surface area contributed by atoms with Gasteiger partial charge in [-0.3, -0.25) is 9.13 Å². The van der Waals surface area contributed by atoms with E-state index in [1.54, 1.807) is 9.13 Å². The highest BCUT2D eigenvalue weighted by Crippen LogP contribution is 2.17. The number of para-hydroxylation sites is 2. The van der Waals surface area contributed by atoms with Crippen molar-refractivity contribution >= 4 is 11.0 Å². The van der Waals surface area contributed by atoms with Crippen LogP contribution >= 0.6 is 0 Å². The molecule has 0 radical (unpaired) electrons. The van der Waals surface area contributed by atoms with Crippen LogP contribution < -0.4 is 5.69 Å². The zero-order valence-electron chi connectivity index (χ0n) is 14.1. The molecule has 1 N–H and O–H groups in total. The summed E-state index contributed by atoms with van der Waals surface area (Å²) >= 11 is 0. The summed E-state index contributed by atoms with van der Waals surface area (Å²) in [5, 5.41) is 10.5. The van der Waals surface area contributed by atoms with Crippen molar-refractivity contribution in [3.63, 3.8) is 0 Å². The number of likely N-dealkylation sites (tertiary alicyclic amines) is 1. The van der Waals surface area contributed by atoms with Crippen LogP contribution in [0.1, 0.15) is 26.7 Å². The fraction of sp³-hybridized carbons (Fsp3) is 0.611. The van der Waals surface area contributed by atoms with Crippen LogP contribution in [-0.4, -0.2) is 44.9 Å². The quantitative estimate of drug-likeness (QED) is 0.916. The summed E-state index contributed by atoms with van der Waals surface area (Å²) in [4.78, 5) is 14.9. The highest BCUT2D eigenvalue weighted by atomic mass is 16.3. The number of rotatable bonds is 5. The minimum Gasteiger partial charge on any atom is -0.390 e. The average molecular weight is 317 g/mol. The van der Waals surface area contributed by atoms with E-state index in [1.807, 2.05) is 31.2 Å². The van der Waals surface area contributed by atoms with Crippen molar-refractivity contribution < 1.29 is 5.11 Å². The molecular weight excluding hydrogens is 290 g/mol. The molecule has 1 saturated heterocycles. The van der Waals surface area contributed by atoms with Crippen molar-refractivity contribution in [2.45, 2.75) is 45.9 Å². The number of β-amino-alcohol motifs (C(OH)–C–C–N with tert-alkyl or cyclic N) is 1. The van der Waals surface area contributed by atoms with Gasteiger partial charge in [-0.1, -0.05) is 19.1 Å². The van der Waals surface area contributed by atoms with Crippen molar-refractivity contribution in [1.29, 1.82) is 0 Å². The first-order chi connectivity index (χ1) is 11.1. The number of aryl methyl sites for hydroxylation is 1. The van der Waals surface area contributed by atoms with Crippen molar-refractivity contribution in [1.82, 2.24) is 14.0 Å². The van der Waals surface area contributed by atoms with Gasteiger partial charge in [-0.25, -0.2) is 4.79 Å². The molecule has 1 unspecified atom stereocenters. The highest BCUT2D eigenvalue weighted by Gasteiger charge is 2.20. The fourth-order valence-electron chi connectivity index (χ4n) is 3.57. The molecule has 1 aliphatic rings. The minimum absolute atomic E-state index is 0.0278. The normalized spacial score (nSPS) is 18.6. The molecule has 126 valence electrons. The summed E-state index contributed by atoms with van der Waals surface area (Å²) in [7, 11) is 0. The predicted molar refractivity (Wildman–Crippen MR) is 92.7 cm³/mol. The number of hydrogen-bond donors (Lipinski definition) is 1. The Labute approximate surface area is 137 Å². The van der Waals surface area contributed by atoms with Gasteiger partial charge >= 0.3 is 5.69 Å². The molecule has 1 aromatic carbocycles. The largest absolute Gasteiger partial charge is 0.390 e. The van der Waals surface area contributed by atoms with Gasteiger partial charge in [-0.2, -0.15) is 0 Å². The molecule has 0 aliphatic carbocycles. The molecule has 1 fully saturated rings. The van der Waals surface area contributed by atoms with Crippen molar-refractivity contribution in [2.24, 2.45) is 5.92 Å². The van der Waals surface area contributed by atoms with Gasteiger partial charge in [-0.05, 0) is 50.9 Å². The Bertz CT molecular complexity index is 711. The number of fused-ring (bicyclic) bond motifs is 1. The zero-order chi connectivity index (χ0) is 16.4. The Morgan fingerprint density at radius 1 is 1.13 bits per heavy atom. The Hall–Kier alpha value is -1.59. The van der Waals surface area contributed by atoms with Crippen LogP contribution in [0, 0.1) is 5.92 Å². The lowest BCUT2D eigenvalue weighted by Crippen LogP contribution is -2.40. The summed E-state index contributed by atoms with van der Waals surface area (Å²) in [6, 6.07) is 7.81. The van der Waals surface area contributed by atoms with E-state index < -0.39 is 6.10 Å². The summed E-state index contributed by atoms with van der Waals surface area (Å²) < 4.78 is 3.49. The second kappa shape index (κ2) is 6.89. The molecule has 2 heterocycles. The molecule has 5 nitrogen and oxygen atoms in total. The van der Waals surface area contributed by atoms with Gasteiger partial charge in [-0.15, -0.1) is 0 Å². The molecule has 1 atom stereocenters. The van der Waals surface area contributed by atoms with Crippen LogP contribution in [-0.2, 0) is 13.1 Å². The molecule has 1 aliphatic heterocycles. The average Bonchev–Trinajstić information content (AvgIpc) is 2.81. The van der Waals surface area contributed by atoms with Crippen molar-refractivity contribution in [2.75, 3.05) is 19.6 Å². The summed E-state index contributed by atoms with van der Waals surface area (Å²) in [5.41, 5.74) is 1.82. The lowest BCUT2D eigenvalue weighted by atomic mass is 9.99. The summed E-state index contributed by atoms with van der Waals surface area (Å²) in [6.07, 6.45) is 1.88. The standard InChI is InChI=1S/C18H27N3O2/c1-3-20-16-6-4-5-7-17(16)21(18(20)23)13-15(22)12-19-10-8-14(2)9-11-19/h4-7,14-15,22H,3,8-13H2,1-2H3. The molecule has 23 heavy (non-hydrogen) atoms. The van der Waals surface area contributed by atoms with Crippen LogP contribution in [0.3, 0.4) is 0 Å². The summed E-state index contributed by atoms with van der Waals surface area (Å²) in [6.45, 7) is 8.00. The van der Waals surface area contributed by atoms with Gasteiger partial charge in [0.1, 0.15) is 0 Å². The van der Waals surface area contributed by atoms with Gasteiger partial charge in [0.05, 0.1) is 23.7 Å². The first-order valence-electron chi connectivity index (χ1n) is 8.68. The zero-order valence-corrected chi connectivity index (χ0v) is 14.1. The van der Waals surface area contributed by atoms with E-state index in [-0.39, 0.29) is 5.69 Å². The third-order valence-corrected chi connectivity index (χ3v) is 4.98. The van der Waals surface area contributed by atoms with Crippen LogP contribution in [0.5, 0.6) is 0 Å². The Balaban J connectivity index is 1.76. The van der Waals surface area contributed by atoms with Crippen LogP contribution in [0.15, 0.2) is 29.1 Å². The maximum Gasteiger partial charge on any atom is 0.329 e. The van der Waals surface area contributed by atoms with E-state index in [0.717, 1.165) is 30.0 Å². The number of aliphatic hydroxyl groups excluding tert-OH is 1. The maximum atomic E-state index is 12.6. The van der Waals surface area contributed by atoms with Crippen LogP contribution in [0.25, 0.3) is 11.0 Å². The first-order valence-corrected chi connectivity index (χ1v) is 8.68. The molecule has 0 saturated carbocycles. The monoisotopic (exact) mass is 317 g/mol. The molecule has 5 heteroatoms. The lowest BCUT2D eigenvalue weighted by Gasteiger charge is -2.31. The number of piperidine rings is 1. The predicted octanol–water partition coefficient (Wildman–Crippen LogP) is 1.92. The minimum atomic E-state index is -0.516. The number of aliphatic hydroxyl groups is 1. The van der Waals surface area contributed by atoms with Gasteiger partial charge in [0.15, 0.2) is 0 Å². The molecule has 0 bridgehead atoms. The van der Waals surface area contributed by atoms with Crippen LogP contribution in [0.2, 0.25) is 0 Å². The van der Waals surface area contributed by atoms with Crippen LogP contribution in [0.4, 0.5) is 0 Å². The maximum absolute atomic E-state index is 12.6. The second-order valence-electron chi connectivity index (χ2n) is 6.76. The van der Waals surface area contributed by atoms with E-state index in [9.17, 15) is 9.90 Å². The lowest BCUT2D eigenvalue weighted by molar-refractivity contribution is 0.0801. The third kappa shape index (κ3) is 3.35. The van der Waals surface area contributed by atoms with Crippen molar-refractivity contribution in [3.05, 3.63) is 34.7 Å². The molecule has 0 amide bonds. The van der Waals surface area contributed by atoms with E-state index >= 15 is 0 Å². The molecule has 1 aromatic heterocycles. The Morgan fingerprint density at radius 3 is 2.35 bits per heavy atom. The summed E-state index contributed by atoms with van der Waals surface area (Å²) in [5.74, 6) is 0.786. The van der Waals surface area contributed by atoms with E-state index in [4.69, 9.17) is 0 Å². The highest BCUT2D eigenvalue weighted by molar-refractivity contribution is 5.75. The van der Waals surface area contributed by atoms with E-state index in [2.05, 4.69) is 11.8 Å². The smallest absolute Gasteiger partial charge is 0.329 e. The topological polar surface area (TPSA) is 50.4 Å². The number of hydrogen-bond acceptors (Lipinski definition) is 3. The SMILES string of the molecule is CCn1c(=O)n(CC(O)CN2CCC(C)CC2)c2ccccc21. The van der Waals surface area contributed by atoms with Crippen molar-refractivity contribution in [3.8, 4) is 0 Å². The Morgan fingerprint density at radius 2 is 1.74 bits per heavy atom. The molecule has 3 rings (SSSR count). The van der Waals surface area contributed by atoms with E-state index in [0.29, 0.717) is 19.6 Å². The Kier molecular flexibility index (Phi) is 4.87. The molecule has 2 aromatic rings. The second-order valence-corrected chi connectivity index (χ2v) is 6.76. The van der Waals surface area contributed by atoms with Gasteiger partial charge in [0, 0.05) is 13.1 Å². The number of aromatic nitrogens is 2. The first kappa shape index (κ1) is 16.3. The van der Waals surface area contributed by atoms with Gasteiger partial charge < -0.3 is 10.0 Å².